The fourth-order valence-electron chi connectivity index (χ4n) is 0.787. The Kier molecular flexibility index (Phi) is 3.05. The molecule has 3 N–H and O–H groups in total. The predicted octanol–water partition coefficient (Wildman–Crippen LogP) is -1.01. The van der Waals surface area contributed by atoms with Crippen LogP contribution in [0, 0.1) is 0 Å². The largest absolute Gasteiger partial charge is 0.340 e. The van der Waals surface area contributed by atoms with Crippen molar-refractivity contribution in [2.45, 2.75) is 0 Å². The third-order valence-corrected chi connectivity index (χ3v) is 1.48. The SMILES string of the molecule is CNC(=O)NNC(=O)c1cnn(C)c1. The van der Waals surface area contributed by atoms with Gasteiger partial charge in [0.2, 0.25) is 0 Å². The summed E-state index contributed by atoms with van der Waals surface area (Å²) in [4.78, 5) is 22.0. The molecule has 0 aliphatic rings. The number of hydrogen-bond acceptors (Lipinski definition) is 3. The topological polar surface area (TPSA) is 88.1 Å². The lowest BCUT2D eigenvalue weighted by molar-refractivity contribution is 0.0936. The van der Waals surface area contributed by atoms with E-state index in [0.29, 0.717) is 5.56 Å². The smallest absolute Gasteiger partial charge is 0.333 e. The fraction of sp³-hybridized carbons (Fsp3) is 0.286. The van der Waals surface area contributed by atoms with Crippen molar-refractivity contribution in [2.24, 2.45) is 7.05 Å². The molecule has 0 radical (unpaired) electrons. The van der Waals surface area contributed by atoms with Crippen molar-refractivity contribution in [3.8, 4) is 0 Å². The molecule has 1 aromatic heterocycles. The quantitative estimate of drug-likeness (QED) is 0.504. The number of amides is 3. The second kappa shape index (κ2) is 4.26. The van der Waals surface area contributed by atoms with Crippen molar-refractivity contribution >= 4 is 11.9 Å². The molecule has 0 bridgehead atoms. The van der Waals surface area contributed by atoms with Crippen LogP contribution in [0.5, 0.6) is 0 Å². The molecule has 14 heavy (non-hydrogen) atoms. The number of aryl methyl sites for hydroxylation is 1. The molecule has 0 aliphatic carbocycles. The maximum absolute atomic E-state index is 11.3. The molecule has 0 spiro atoms. The average Bonchev–Trinajstić information content (AvgIpc) is 2.60. The Morgan fingerprint density at radius 3 is 2.64 bits per heavy atom. The molecule has 7 nitrogen and oxygen atoms in total. The van der Waals surface area contributed by atoms with Gasteiger partial charge in [-0.25, -0.2) is 10.2 Å². The van der Waals surface area contributed by atoms with Crippen LogP contribution >= 0.6 is 0 Å². The summed E-state index contributed by atoms with van der Waals surface area (Å²) in [5, 5.41) is 6.10. The second-order valence-corrected chi connectivity index (χ2v) is 2.56. The lowest BCUT2D eigenvalue weighted by Crippen LogP contribution is -2.45. The number of carbonyl (C=O) groups is 2. The first-order valence-electron chi connectivity index (χ1n) is 3.90. The molecule has 0 saturated carbocycles. The van der Waals surface area contributed by atoms with E-state index in [9.17, 15) is 9.59 Å². The van der Waals surface area contributed by atoms with Crippen LogP contribution in [-0.4, -0.2) is 28.8 Å². The van der Waals surface area contributed by atoms with Gasteiger partial charge in [-0.15, -0.1) is 0 Å². The maximum atomic E-state index is 11.3. The monoisotopic (exact) mass is 197 g/mol. The molecule has 7 heteroatoms. The van der Waals surface area contributed by atoms with Gasteiger partial charge >= 0.3 is 6.03 Å². The number of hydrazine groups is 1. The standard InChI is InChI=1S/C7H11N5O2/c1-8-7(14)11-10-6(13)5-3-9-12(2)4-5/h3-4H,1-2H3,(H,10,13)(H2,8,11,14). The van der Waals surface area contributed by atoms with Crippen molar-refractivity contribution in [3.63, 3.8) is 0 Å². The Hall–Kier alpha value is -2.05. The predicted molar refractivity (Wildman–Crippen MR) is 48.3 cm³/mol. The molecule has 0 aromatic carbocycles. The highest BCUT2D eigenvalue weighted by atomic mass is 16.2. The van der Waals surface area contributed by atoms with Crippen LogP contribution < -0.4 is 16.2 Å². The minimum atomic E-state index is -0.484. The third kappa shape index (κ3) is 2.47. The van der Waals surface area contributed by atoms with E-state index >= 15 is 0 Å². The maximum Gasteiger partial charge on any atom is 0.333 e. The number of carbonyl (C=O) groups excluding carboxylic acids is 2. The first-order valence-corrected chi connectivity index (χ1v) is 3.90. The molecule has 76 valence electrons. The lowest BCUT2D eigenvalue weighted by atomic mass is 10.3. The van der Waals surface area contributed by atoms with Crippen LogP contribution in [0.25, 0.3) is 0 Å². The number of aromatic nitrogens is 2. The number of rotatable bonds is 1. The van der Waals surface area contributed by atoms with Crippen molar-refractivity contribution in [1.82, 2.24) is 25.9 Å². The molecular weight excluding hydrogens is 186 g/mol. The molecule has 0 atom stereocenters. The highest BCUT2D eigenvalue weighted by Gasteiger charge is 2.07. The van der Waals surface area contributed by atoms with Crippen LogP contribution in [0.2, 0.25) is 0 Å². The van der Waals surface area contributed by atoms with Gasteiger partial charge in [0.1, 0.15) is 0 Å². The van der Waals surface area contributed by atoms with Crippen LogP contribution in [0.1, 0.15) is 10.4 Å². The summed E-state index contributed by atoms with van der Waals surface area (Å²) in [5.74, 6) is -0.415. The van der Waals surface area contributed by atoms with Crippen LogP contribution in [-0.2, 0) is 7.05 Å². The van der Waals surface area contributed by atoms with Crippen LogP contribution in [0.3, 0.4) is 0 Å². The van der Waals surface area contributed by atoms with Gasteiger partial charge in [-0.1, -0.05) is 0 Å². The average molecular weight is 197 g/mol. The van der Waals surface area contributed by atoms with Crippen molar-refractivity contribution in [1.29, 1.82) is 0 Å². The van der Waals surface area contributed by atoms with E-state index in [0.717, 1.165) is 0 Å². The summed E-state index contributed by atoms with van der Waals surface area (Å²) in [7, 11) is 3.15. The van der Waals surface area contributed by atoms with Crippen molar-refractivity contribution in [3.05, 3.63) is 18.0 Å². The molecule has 1 aromatic rings. The Balaban J connectivity index is 2.47. The van der Waals surface area contributed by atoms with E-state index in [1.54, 1.807) is 13.2 Å². The number of hydrogen-bond donors (Lipinski definition) is 3. The molecule has 0 unspecified atom stereocenters. The summed E-state index contributed by atoms with van der Waals surface area (Å²) in [6.07, 6.45) is 2.95. The Bertz CT molecular complexity index is 346. The Morgan fingerprint density at radius 1 is 1.43 bits per heavy atom. The molecule has 0 saturated heterocycles. The normalized spacial score (nSPS) is 9.29. The summed E-state index contributed by atoms with van der Waals surface area (Å²) < 4.78 is 1.49. The van der Waals surface area contributed by atoms with E-state index in [2.05, 4.69) is 21.3 Å². The van der Waals surface area contributed by atoms with E-state index in [-0.39, 0.29) is 0 Å². The second-order valence-electron chi connectivity index (χ2n) is 2.56. The first kappa shape index (κ1) is 10.0. The zero-order valence-electron chi connectivity index (χ0n) is 7.87. The van der Waals surface area contributed by atoms with Gasteiger partial charge < -0.3 is 5.32 Å². The van der Waals surface area contributed by atoms with Gasteiger partial charge in [-0.2, -0.15) is 5.10 Å². The van der Waals surface area contributed by atoms with Gasteiger partial charge in [0.25, 0.3) is 5.91 Å². The van der Waals surface area contributed by atoms with E-state index in [1.165, 1.54) is 17.9 Å². The fourth-order valence-corrected chi connectivity index (χ4v) is 0.787. The zero-order valence-corrected chi connectivity index (χ0v) is 7.87. The van der Waals surface area contributed by atoms with Gasteiger partial charge in [-0.3, -0.25) is 14.9 Å². The van der Waals surface area contributed by atoms with E-state index < -0.39 is 11.9 Å². The first-order chi connectivity index (χ1) is 6.63. The number of urea groups is 1. The van der Waals surface area contributed by atoms with Crippen LogP contribution in [0.4, 0.5) is 4.79 Å². The lowest BCUT2D eigenvalue weighted by Gasteiger charge is -2.04. The van der Waals surface area contributed by atoms with Gasteiger partial charge in [0, 0.05) is 20.3 Å². The number of nitrogens with zero attached hydrogens (tertiary/aromatic N) is 2. The minimum absolute atomic E-state index is 0.379. The summed E-state index contributed by atoms with van der Waals surface area (Å²) in [5.41, 5.74) is 4.74. The van der Waals surface area contributed by atoms with Crippen molar-refractivity contribution in [2.75, 3.05) is 7.05 Å². The minimum Gasteiger partial charge on any atom is -0.340 e. The molecule has 0 fully saturated rings. The van der Waals surface area contributed by atoms with Gasteiger partial charge in [-0.05, 0) is 0 Å². The Labute approximate surface area is 80.4 Å². The number of nitrogens with one attached hydrogen (secondary N) is 3. The third-order valence-electron chi connectivity index (χ3n) is 1.48. The highest BCUT2D eigenvalue weighted by Crippen LogP contribution is 1.94. The highest BCUT2D eigenvalue weighted by molar-refractivity contribution is 5.94. The summed E-state index contributed by atoms with van der Waals surface area (Å²) >= 11 is 0. The summed E-state index contributed by atoms with van der Waals surface area (Å²) in [6, 6.07) is -0.484. The molecule has 0 aliphatic heterocycles. The zero-order chi connectivity index (χ0) is 10.6. The van der Waals surface area contributed by atoms with E-state index in [1.807, 2.05) is 0 Å². The molecule has 1 heterocycles. The molecular formula is C7H11N5O2. The van der Waals surface area contributed by atoms with Gasteiger partial charge in [0.05, 0.1) is 11.8 Å². The van der Waals surface area contributed by atoms with Crippen molar-refractivity contribution < 1.29 is 9.59 Å². The van der Waals surface area contributed by atoms with Gasteiger partial charge in [0.15, 0.2) is 0 Å². The van der Waals surface area contributed by atoms with E-state index in [4.69, 9.17) is 0 Å². The van der Waals surface area contributed by atoms with Crippen LogP contribution in [0.15, 0.2) is 12.4 Å². The molecule has 3 amide bonds. The Morgan fingerprint density at radius 2 is 2.14 bits per heavy atom. The summed E-state index contributed by atoms with van der Waals surface area (Å²) in [6.45, 7) is 0. The molecule has 1 rings (SSSR count).